The molecule has 7 nitrogen and oxygen atoms in total. The van der Waals surface area contributed by atoms with E-state index in [1.165, 1.54) is 19.1 Å². The second kappa shape index (κ2) is 10.7. The highest BCUT2D eigenvalue weighted by atomic mass is 35.5. The first-order valence-electron chi connectivity index (χ1n) is 10.7. The fourth-order valence-electron chi connectivity index (χ4n) is 3.80. The number of ether oxygens (including phenoxy) is 3. The van der Waals surface area contributed by atoms with Crippen LogP contribution in [0.25, 0.3) is 5.76 Å². The zero-order chi connectivity index (χ0) is 24.1. The number of aliphatic hydroxyl groups excluding tert-OH is 1. The number of ketones is 1. The van der Waals surface area contributed by atoms with Crippen molar-refractivity contribution in [2.45, 2.75) is 32.4 Å². The van der Waals surface area contributed by atoms with Crippen molar-refractivity contribution in [1.29, 1.82) is 0 Å². The Morgan fingerprint density at radius 3 is 2.33 bits per heavy atom. The third kappa shape index (κ3) is 5.31. The van der Waals surface area contributed by atoms with Crippen molar-refractivity contribution in [2.24, 2.45) is 0 Å². The van der Waals surface area contributed by atoms with E-state index in [1.54, 1.807) is 42.5 Å². The van der Waals surface area contributed by atoms with Gasteiger partial charge in [0.1, 0.15) is 5.76 Å². The summed E-state index contributed by atoms with van der Waals surface area (Å²) in [6, 6.07) is 10.8. The molecule has 0 aliphatic carbocycles. The van der Waals surface area contributed by atoms with Crippen LogP contribution in [-0.4, -0.2) is 55.2 Å². The number of benzene rings is 2. The van der Waals surface area contributed by atoms with E-state index < -0.39 is 17.7 Å². The zero-order valence-corrected chi connectivity index (χ0v) is 19.9. The Bertz CT molecular complexity index is 1050. The average Bonchev–Trinajstić information content (AvgIpc) is 3.06. The van der Waals surface area contributed by atoms with Crippen molar-refractivity contribution in [2.75, 3.05) is 27.4 Å². The molecular formula is C25H28ClNO6. The molecule has 1 heterocycles. The van der Waals surface area contributed by atoms with Crippen molar-refractivity contribution in [3.05, 3.63) is 64.2 Å². The van der Waals surface area contributed by atoms with Gasteiger partial charge in [-0.05, 0) is 62.2 Å². The highest BCUT2D eigenvalue weighted by molar-refractivity contribution is 6.46. The first kappa shape index (κ1) is 24.6. The lowest BCUT2D eigenvalue weighted by Gasteiger charge is -2.26. The average molecular weight is 474 g/mol. The van der Waals surface area contributed by atoms with Gasteiger partial charge in [-0.3, -0.25) is 9.59 Å². The van der Waals surface area contributed by atoms with Gasteiger partial charge >= 0.3 is 0 Å². The van der Waals surface area contributed by atoms with Crippen LogP contribution in [0.15, 0.2) is 48.0 Å². The van der Waals surface area contributed by atoms with Crippen LogP contribution < -0.4 is 9.47 Å². The van der Waals surface area contributed by atoms with E-state index in [0.29, 0.717) is 40.7 Å². The van der Waals surface area contributed by atoms with Crippen LogP contribution in [0.5, 0.6) is 11.5 Å². The predicted molar refractivity (Wildman–Crippen MR) is 126 cm³/mol. The molecule has 0 radical (unpaired) electrons. The van der Waals surface area contributed by atoms with E-state index in [4.69, 9.17) is 25.8 Å². The minimum absolute atomic E-state index is 0.0133. The fraction of sp³-hybridized carbons (Fsp3) is 0.360. The molecule has 2 aromatic rings. The second-order valence-corrected chi connectivity index (χ2v) is 8.32. The Kier molecular flexibility index (Phi) is 8.00. The molecule has 0 saturated carbocycles. The number of rotatable bonds is 9. The van der Waals surface area contributed by atoms with Crippen LogP contribution >= 0.6 is 11.6 Å². The number of hydrogen-bond acceptors (Lipinski definition) is 6. The van der Waals surface area contributed by atoms with Crippen molar-refractivity contribution < 1.29 is 28.9 Å². The normalized spacial score (nSPS) is 17.6. The van der Waals surface area contributed by atoms with Crippen LogP contribution in [0, 0.1) is 0 Å². The molecule has 33 heavy (non-hydrogen) atoms. The van der Waals surface area contributed by atoms with Crippen molar-refractivity contribution in [3.8, 4) is 11.5 Å². The van der Waals surface area contributed by atoms with Gasteiger partial charge in [0.15, 0.2) is 11.5 Å². The van der Waals surface area contributed by atoms with Gasteiger partial charge < -0.3 is 24.2 Å². The van der Waals surface area contributed by atoms with Gasteiger partial charge in [-0.2, -0.15) is 0 Å². The van der Waals surface area contributed by atoms with Gasteiger partial charge in [-0.1, -0.05) is 17.7 Å². The van der Waals surface area contributed by atoms with Crippen LogP contribution in [-0.2, 0) is 14.3 Å². The summed E-state index contributed by atoms with van der Waals surface area (Å²) in [4.78, 5) is 27.6. The Morgan fingerprint density at radius 2 is 1.73 bits per heavy atom. The maximum Gasteiger partial charge on any atom is 0.295 e. The highest BCUT2D eigenvalue weighted by Crippen LogP contribution is 2.42. The number of halogens is 1. The van der Waals surface area contributed by atoms with Gasteiger partial charge in [-0.15, -0.1) is 0 Å². The molecule has 1 saturated heterocycles. The van der Waals surface area contributed by atoms with Gasteiger partial charge in [0.05, 0.1) is 31.9 Å². The highest BCUT2D eigenvalue weighted by Gasteiger charge is 2.46. The number of aliphatic hydroxyl groups is 1. The zero-order valence-electron chi connectivity index (χ0n) is 19.1. The number of carbonyl (C=O) groups is 2. The minimum Gasteiger partial charge on any atom is -0.507 e. The molecule has 1 amide bonds. The number of methoxy groups -OCH3 is 2. The molecule has 1 aliphatic heterocycles. The third-order valence-corrected chi connectivity index (χ3v) is 5.63. The molecule has 1 fully saturated rings. The number of likely N-dealkylation sites (tertiary alicyclic amines) is 1. The van der Waals surface area contributed by atoms with Gasteiger partial charge in [0.2, 0.25) is 0 Å². The van der Waals surface area contributed by atoms with E-state index in [0.717, 1.165) is 0 Å². The Hall–Kier alpha value is -3.03. The standard InChI is InChI=1S/C25H28ClNO6/c1-15(2)33-13-5-12-27-22(17-8-11-19(31-3)20(14-17)32-4)21(24(29)25(27)30)23(28)16-6-9-18(26)10-7-16/h6-11,14-15,22,28H,5,12-13H2,1-4H3/t22-/m0/s1. The van der Waals surface area contributed by atoms with Crippen molar-refractivity contribution >= 4 is 29.1 Å². The van der Waals surface area contributed by atoms with Gasteiger partial charge in [-0.25, -0.2) is 0 Å². The predicted octanol–water partition coefficient (Wildman–Crippen LogP) is 4.59. The van der Waals surface area contributed by atoms with Crippen LogP contribution in [0.3, 0.4) is 0 Å². The van der Waals surface area contributed by atoms with E-state index in [2.05, 4.69) is 0 Å². The SMILES string of the molecule is COc1ccc([C@H]2C(=C(O)c3ccc(Cl)cc3)C(=O)C(=O)N2CCCOC(C)C)cc1OC. The number of Topliss-reactive ketones (excluding diaryl/α,β-unsaturated/α-hetero) is 1. The maximum absolute atomic E-state index is 13.1. The summed E-state index contributed by atoms with van der Waals surface area (Å²) in [7, 11) is 3.04. The Morgan fingerprint density at radius 1 is 1.06 bits per heavy atom. The van der Waals surface area contributed by atoms with Crippen molar-refractivity contribution in [3.63, 3.8) is 0 Å². The Balaban J connectivity index is 2.08. The first-order valence-corrected chi connectivity index (χ1v) is 11.0. The molecule has 0 unspecified atom stereocenters. The summed E-state index contributed by atoms with van der Waals surface area (Å²) < 4.78 is 16.3. The van der Waals surface area contributed by atoms with Gasteiger partial charge in [0.25, 0.3) is 11.7 Å². The molecule has 0 aromatic heterocycles. The van der Waals surface area contributed by atoms with Crippen LogP contribution in [0.2, 0.25) is 5.02 Å². The largest absolute Gasteiger partial charge is 0.507 e. The summed E-state index contributed by atoms with van der Waals surface area (Å²) in [5, 5.41) is 11.6. The summed E-state index contributed by atoms with van der Waals surface area (Å²) >= 11 is 5.97. The molecule has 1 N–H and O–H groups in total. The van der Waals surface area contributed by atoms with E-state index in [-0.39, 0.29) is 24.0 Å². The van der Waals surface area contributed by atoms with E-state index in [1.807, 2.05) is 13.8 Å². The number of amides is 1. The Labute approximate surface area is 198 Å². The molecule has 1 aliphatic rings. The number of nitrogens with zero attached hydrogens (tertiary/aromatic N) is 1. The molecule has 3 rings (SSSR count). The van der Waals surface area contributed by atoms with E-state index in [9.17, 15) is 14.7 Å². The second-order valence-electron chi connectivity index (χ2n) is 7.89. The summed E-state index contributed by atoms with van der Waals surface area (Å²) in [6.45, 7) is 4.59. The van der Waals surface area contributed by atoms with Crippen LogP contribution in [0.4, 0.5) is 0 Å². The van der Waals surface area contributed by atoms with Gasteiger partial charge in [0, 0.05) is 23.7 Å². The summed E-state index contributed by atoms with van der Waals surface area (Å²) in [5.41, 5.74) is 1.03. The molecule has 0 bridgehead atoms. The lowest BCUT2D eigenvalue weighted by molar-refractivity contribution is -0.140. The smallest absolute Gasteiger partial charge is 0.295 e. The monoisotopic (exact) mass is 473 g/mol. The quantitative estimate of drug-likeness (QED) is 0.248. The first-order chi connectivity index (χ1) is 15.8. The number of hydrogen-bond donors (Lipinski definition) is 1. The number of carbonyl (C=O) groups excluding carboxylic acids is 2. The molecule has 8 heteroatoms. The maximum atomic E-state index is 13.1. The van der Waals surface area contributed by atoms with Crippen LogP contribution in [0.1, 0.15) is 37.4 Å². The molecule has 1 atom stereocenters. The lowest BCUT2D eigenvalue weighted by atomic mass is 9.95. The molecule has 0 spiro atoms. The lowest BCUT2D eigenvalue weighted by Crippen LogP contribution is -2.31. The minimum atomic E-state index is -0.792. The summed E-state index contributed by atoms with van der Waals surface area (Å²) in [6.07, 6.45) is 0.600. The third-order valence-electron chi connectivity index (χ3n) is 5.38. The topological polar surface area (TPSA) is 85.3 Å². The fourth-order valence-corrected chi connectivity index (χ4v) is 3.92. The molecular weight excluding hydrogens is 446 g/mol. The molecule has 2 aromatic carbocycles. The summed E-state index contributed by atoms with van der Waals surface area (Å²) in [5.74, 6) is -0.705. The molecule has 176 valence electrons. The van der Waals surface area contributed by atoms with Crippen molar-refractivity contribution in [1.82, 2.24) is 4.90 Å². The van der Waals surface area contributed by atoms with E-state index >= 15 is 0 Å².